The summed E-state index contributed by atoms with van der Waals surface area (Å²) < 4.78 is 52.5. The van der Waals surface area contributed by atoms with Gasteiger partial charge in [-0.25, -0.2) is 21.9 Å². The quantitative estimate of drug-likeness (QED) is 0.882. The summed E-state index contributed by atoms with van der Waals surface area (Å²) in [5, 5.41) is 0. The van der Waals surface area contributed by atoms with Crippen LogP contribution in [0, 0.1) is 11.6 Å². The summed E-state index contributed by atoms with van der Waals surface area (Å²) in [6, 6.07) is 9.88. The Morgan fingerprint density at radius 2 is 1.88 bits per heavy atom. The highest BCUT2D eigenvalue weighted by molar-refractivity contribution is 7.89. The van der Waals surface area contributed by atoms with E-state index >= 15 is 0 Å². The third-order valence-electron chi connectivity index (χ3n) is 4.02. The van der Waals surface area contributed by atoms with Gasteiger partial charge in [-0.05, 0) is 36.2 Å². The highest BCUT2D eigenvalue weighted by Gasteiger charge is 2.24. The molecule has 25 heavy (non-hydrogen) atoms. The van der Waals surface area contributed by atoms with Crippen LogP contribution in [0.5, 0.6) is 0 Å². The Morgan fingerprint density at radius 3 is 2.64 bits per heavy atom. The van der Waals surface area contributed by atoms with Gasteiger partial charge in [0.2, 0.25) is 15.9 Å². The fourth-order valence-corrected chi connectivity index (χ4v) is 3.80. The SMILES string of the molecule is O=C(CCNS(=O)(=O)c1ccc(F)c(F)c1)N1CCc2ccccc21. The fourth-order valence-electron chi connectivity index (χ4n) is 2.75. The predicted molar refractivity (Wildman–Crippen MR) is 88.7 cm³/mol. The van der Waals surface area contributed by atoms with Crippen molar-refractivity contribution in [2.75, 3.05) is 18.0 Å². The first-order valence-corrected chi connectivity index (χ1v) is 9.20. The minimum Gasteiger partial charge on any atom is -0.312 e. The molecule has 0 unspecified atom stereocenters. The minimum absolute atomic E-state index is 0.0305. The van der Waals surface area contributed by atoms with Gasteiger partial charge in [0.15, 0.2) is 11.6 Å². The first-order chi connectivity index (χ1) is 11.9. The molecule has 0 atom stereocenters. The number of anilines is 1. The van der Waals surface area contributed by atoms with Crippen molar-refractivity contribution in [3.63, 3.8) is 0 Å². The van der Waals surface area contributed by atoms with Crippen LogP contribution in [0.3, 0.4) is 0 Å². The smallest absolute Gasteiger partial charge is 0.240 e. The van der Waals surface area contributed by atoms with Crippen LogP contribution in [-0.4, -0.2) is 27.4 Å². The molecule has 1 heterocycles. The number of hydrogen-bond donors (Lipinski definition) is 1. The Labute approximate surface area is 144 Å². The largest absolute Gasteiger partial charge is 0.312 e. The number of sulfonamides is 1. The second kappa shape index (κ2) is 6.89. The summed E-state index contributed by atoms with van der Waals surface area (Å²) in [7, 11) is -4.01. The number of carbonyl (C=O) groups excluding carboxylic acids is 1. The fraction of sp³-hybridized carbons (Fsp3) is 0.235. The molecule has 1 N–H and O–H groups in total. The topological polar surface area (TPSA) is 66.5 Å². The van der Waals surface area contributed by atoms with E-state index in [9.17, 15) is 22.0 Å². The molecule has 1 aliphatic rings. The van der Waals surface area contributed by atoms with E-state index in [1.54, 1.807) is 4.90 Å². The second-order valence-corrected chi connectivity index (χ2v) is 7.41. The molecule has 0 fully saturated rings. The average Bonchev–Trinajstić information content (AvgIpc) is 3.01. The lowest BCUT2D eigenvalue weighted by Gasteiger charge is -2.17. The van der Waals surface area contributed by atoms with Gasteiger partial charge in [0.1, 0.15) is 0 Å². The van der Waals surface area contributed by atoms with Crippen molar-refractivity contribution >= 4 is 21.6 Å². The van der Waals surface area contributed by atoms with Crippen LogP contribution in [0.2, 0.25) is 0 Å². The lowest BCUT2D eigenvalue weighted by molar-refractivity contribution is -0.118. The normalized spacial score (nSPS) is 13.8. The molecule has 8 heteroatoms. The maximum Gasteiger partial charge on any atom is 0.240 e. The van der Waals surface area contributed by atoms with Crippen LogP contribution in [0.15, 0.2) is 47.4 Å². The lowest BCUT2D eigenvalue weighted by atomic mass is 10.2. The third kappa shape index (κ3) is 3.69. The van der Waals surface area contributed by atoms with Crippen molar-refractivity contribution in [3.05, 3.63) is 59.7 Å². The van der Waals surface area contributed by atoms with E-state index in [4.69, 9.17) is 0 Å². The van der Waals surface area contributed by atoms with Crippen molar-refractivity contribution in [3.8, 4) is 0 Å². The second-order valence-electron chi connectivity index (χ2n) is 5.65. The molecule has 0 aliphatic carbocycles. The summed E-state index contributed by atoms with van der Waals surface area (Å²) in [5.74, 6) is -2.56. The maximum absolute atomic E-state index is 13.2. The Balaban J connectivity index is 1.61. The van der Waals surface area contributed by atoms with Crippen molar-refractivity contribution in [1.82, 2.24) is 4.72 Å². The van der Waals surface area contributed by atoms with Gasteiger partial charge in [0, 0.05) is 25.2 Å². The average molecular weight is 366 g/mol. The zero-order valence-corrected chi connectivity index (χ0v) is 14.0. The monoisotopic (exact) mass is 366 g/mol. The highest BCUT2D eigenvalue weighted by Crippen LogP contribution is 2.27. The number of halogens is 2. The highest BCUT2D eigenvalue weighted by atomic mass is 32.2. The van der Waals surface area contributed by atoms with Gasteiger partial charge < -0.3 is 4.90 Å². The lowest BCUT2D eigenvalue weighted by Crippen LogP contribution is -2.33. The van der Waals surface area contributed by atoms with Crippen molar-refractivity contribution in [1.29, 1.82) is 0 Å². The molecule has 1 aliphatic heterocycles. The zero-order valence-electron chi connectivity index (χ0n) is 13.2. The van der Waals surface area contributed by atoms with E-state index in [0.29, 0.717) is 12.6 Å². The molecule has 0 spiro atoms. The molecule has 2 aromatic carbocycles. The molecule has 3 rings (SSSR count). The molecule has 0 saturated heterocycles. The van der Waals surface area contributed by atoms with E-state index < -0.39 is 21.7 Å². The van der Waals surface area contributed by atoms with Crippen molar-refractivity contribution < 1.29 is 22.0 Å². The molecule has 2 aromatic rings. The summed E-state index contributed by atoms with van der Waals surface area (Å²) in [5.41, 5.74) is 1.93. The Bertz CT molecular complexity index is 916. The van der Waals surface area contributed by atoms with E-state index in [-0.39, 0.29) is 23.8 Å². The molecule has 132 valence electrons. The van der Waals surface area contributed by atoms with Gasteiger partial charge in [0.25, 0.3) is 0 Å². The Morgan fingerprint density at radius 1 is 1.12 bits per heavy atom. The van der Waals surface area contributed by atoms with E-state index in [1.807, 2.05) is 24.3 Å². The summed E-state index contributed by atoms with van der Waals surface area (Å²) in [6.45, 7) is 0.437. The van der Waals surface area contributed by atoms with Gasteiger partial charge in [-0.2, -0.15) is 0 Å². The molecule has 1 amide bonds. The number of para-hydroxylation sites is 1. The number of carbonyl (C=O) groups is 1. The zero-order chi connectivity index (χ0) is 18.0. The van der Waals surface area contributed by atoms with E-state index in [2.05, 4.69) is 4.72 Å². The first-order valence-electron chi connectivity index (χ1n) is 7.71. The molecule has 0 bridgehead atoms. The summed E-state index contributed by atoms with van der Waals surface area (Å²) in [4.78, 5) is 13.6. The Kier molecular flexibility index (Phi) is 4.82. The number of fused-ring (bicyclic) bond motifs is 1. The van der Waals surface area contributed by atoms with Crippen LogP contribution in [0.1, 0.15) is 12.0 Å². The van der Waals surface area contributed by atoms with Crippen LogP contribution in [0.4, 0.5) is 14.5 Å². The third-order valence-corrected chi connectivity index (χ3v) is 5.48. The molecule has 0 radical (unpaired) electrons. The standard InChI is InChI=1S/C17H16F2N2O3S/c18-14-6-5-13(11-15(14)19)25(23,24)20-9-7-17(22)21-10-8-12-3-1-2-4-16(12)21/h1-6,11,20H,7-10H2. The maximum atomic E-state index is 13.2. The van der Waals surface area contributed by atoms with Crippen LogP contribution in [-0.2, 0) is 21.2 Å². The van der Waals surface area contributed by atoms with E-state index in [0.717, 1.165) is 29.8 Å². The van der Waals surface area contributed by atoms with Crippen molar-refractivity contribution in [2.45, 2.75) is 17.7 Å². The first kappa shape index (κ1) is 17.5. The van der Waals surface area contributed by atoms with Gasteiger partial charge in [-0.15, -0.1) is 0 Å². The number of rotatable bonds is 5. The molecular weight excluding hydrogens is 350 g/mol. The summed E-state index contributed by atoms with van der Waals surface area (Å²) in [6.07, 6.45) is 0.736. The molecule has 0 aromatic heterocycles. The van der Waals surface area contributed by atoms with Gasteiger partial charge in [-0.1, -0.05) is 18.2 Å². The van der Waals surface area contributed by atoms with E-state index in [1.165, 1.54) is 0 Å². The number of amides is 1. The van der Waals surface area contributed by atoms with Crippen molar-refractivity contribution in [2.24, 2.45) is 0 Å². The molecule has 0 saturated carbocycles. The van der Waals surface area contributed by atoms with Gasteiger partial charge in [-0.3, -0.25) is 4.79 Å². The predicted octanol–water partition coefficient (Wildman–Crippen LogP) is 2.22. The van der Waals surface area contributed by atoms with Crippen LogP contribution >= 0.6 is 0 Å². The molecular formula is C17H16F2N2O3S. The Hall–Kier alpha value is -2.32. The number of benzene rings is 2. The van der Waals surface area contributed by atoms with Gasteiger partial charge >= 0.3 is 0 Å². The number of nitrogens with zero attached hydrogens (tertiary/aromatic N) is 1. The summed E-state index contributed by atoms with van der Waals surface area (Å²) >= 11 is 0. The minimum atomic E-state index is -4.01. The van der Waals surface area contributed by atoms with Crippen LogP contribution in [0.25, 0.3) is 0 Å². The van der Waals surface area contributed by atoms with Crippen LogP contribution < -0.4 is 9.62 Å². The number of hydrogen-bond acceptors (Lipinski definition) is 3. The van der Waals surface area contributed by atoms with Gasteiger partial charge in [0.05, 0.1) is 4.90 Å². The molecule has 5 nitrogen and oxygen atoms in total. The number of nitrogens with one attached hydrogen (secondary N) is 1.